The van der Waals surface area contributed by atoms with Gasteiger partial charge in [0, 0.05) is 17.8 Å². The molecule has 7 heteroatoms. The Morgan fingerprint density at radius 1 is 1.22 bits per heavy atom. The predicted molar refractivity (Wildman–Crippen MR) is 77.5 cm³/mol. The Morgan fingerprint density at radius 2 is 1.87 bits per heavy atom. The highest BCUT2D eigenvalue weighted by atomic mass is 19.1. The molecular weight excluding hydrogens is 311 g/mol. The molecule has 2 aromatic rings. The summed E-state index contributed by atoms with van der Waals surface area (Å²) in [7, 11) is 1.12. The summed E-state index contributed by atoms with van der Waals surface area (Å²) in [6.07, 6.45) is -1.63. The predicted octanol–water partition coefficient (Wildman–Crippen LogP) is 3.17. The number of amides is 1. The van der Waals surface area contributed by atoms with Crippen molar-refractivity contribution in [1.82, 2.24) is 0 Å². The monoisotopic (exact) mass is 325 g/mol. The maximum Gasteiger partial charge on any atom is 0.227 e. The number of nitrogens with one attached hydrogen (secondary N) is 1. The van der Waals surface area contributed by atoms with E-state index in [9.17, 15) is 23.1 Å². The third-order valence-electron chi connectivity index (χ3n) is 3.10. The molecule has 0 aromatic heterocycles. The number of aliphatic hydroxyl groups is 1. The maximum absolute atomic E-state index is 13.5. The molecule has 1 amide bonds. The highest BCUT2D eigenvalue weighted by Gasteiger charge is 2.16. The van der Waals surface area contributed by atoms with Crippen molar-refractivity contribution in [1.29, 1.82) is 0 Å². The molecule has 0 saturated heterocycles. The third-order valence-corrected chi connectivity index (χ3v) is 3.10. The summed E-state index contributed by atoms with van der Waals surface area (Å²) < 4.78 is 44.6. The zero-order valence-corrected chi connectivity index (χ0v) is 12.1. The van der Waals surface area contributed by atoms with E-state index >= 15 is 0 Å². The van der Waals surface area contributed by atoms with Crippen molar-refractivity contribution in [2.45, 2.75) is 12.5 Å². The second kappa shape index (κ2) is 7.15. The van der Waals surface area contributed by atoms with E-state index in [0.29, 0.717) is 0 Å². The van der Waals surface area contributed by atoms with Gasteiger partial charge in [0.25, 0.3) is 0 Å². The van der Waals surface area contributed by atoms with Crippen LogP contribution in [0.5, 0.6) is 5.75 Å². The quantitative estimate of drug-likeness (QED) is 0.888. The van der Waals surface area contributed by atoms with Crippen molar-refractivity contribution in [2.24, 2.45) is 0 Å². The smallest absolute Gasteiger partial charge is 0.227 e. The van der Waals surface area contributed by atoms with Gasteiger partial charge in [0.1, 0.15) is 5.82 Å². The molecule has 2 rings (SSSR count). The number of hydrogen-bond acceptors (Lipinski definition) is 3. The van der Waals surface area contributed by atoms with Gasteiger partial charge in [-0.3, -0.25) is 4.79 Å². The second-order valence-electron chi connectivity index (χ2n) is 4.80. The molecule has 2 aromatic carbocycles. The van der Waals surface area contributed by atoms with Gasteiger partial charge < -0.3 is 15.2 Å². The molecule has 2 N–H and O–H groups in total. The van der Waals surface area contributed by atoms with Crippen LogP contribution >= 0.6 is 0 Å². The molecule has 0 aliphatic rings. The van der Waals surface area contributed by atoms with Crippen LogP contribution in [0.1, 0.15) is 18.1 Å². The molecule has 0 aliphatic carbocycles. The Balaban J connectivity index is 2.05. The standard InChI is InChI=1S/C16H14F3NO3/c1-23-16-12(18)6-11(7-13(16)19)20-15(22)8-14(21)9-3-2-4-10(17)5-9/h2-7,14,21H,8H2,1H3,(H,20,22). The lowest BCUT2D eigenvalue weighted by molar-refractivity contribution is -0.118. The number of carbonyl (C=O) groups is 1. The average Bonchev–Trinajstić information content (AvgIpc) is 2.46. The Morgan fingerprint density at radius 3 is 2.43 bits per heavy atom. The molecular formula is C16H14F3NO3. The van der Waals surface area contributed by atoms with Gasteiger partial charge in [0.05, 0.1) is 19.6 Å². The summed E-state index contributed by atoms with van der Waals surface area (Å²) in [4.78, 5) is 11.8. The van der Waals surface area contributed by atoms with Gasteiger partial charge in [0.2, 0.25) is 5.91 Å². The fraction of sp³-hybridized carbons (Fsp3) is 0.188. The molecule has 0 saturated carbocycles. The molecule has 1 atom stereocenters. The first-order chi connectivity index (χ1) is 10.9. The minimum Gasteiger partial charge on any atom is -0.491 e. The molecule has 0 bridgehead atoms. The molecule has 122 valence electrons. The van der Waals surface area contributed by atoms with E-state index in [4.69, 9.17) is 0 Å². The van der Waals surface area contributed by atoms with E-state index in [1.54, 1.807) is 0 Å². The van der Waals surface area contributed by atoms with Crippen molar-refractivity contribution in [3.63, 3.8) is 0 Å². The number of anilines is 1. The molecule has 1 unspecified atom stereocenters. The normalized spacial score (nSPS) is 11.9. The van der Waals surface area contributed by atoms with E-state index < -0.39 is 41.6 Å². The first-order valence-electron chi connectivity index (χ1n) is 6.67. The first kappa shape index (κ1) is 16.8. The van der Waals surface area contributed by atoms with Crippen LogP contribution in [-0.2, 0) is 4.79 Å². The van der Waals surface area contributed by atoms with Crippen molar-refractivity contribution in [3.8, 4) is 5.75 Å². The number of benzene rings is 2. The van der Waals surface area contributed by atoms with Gasteiger partial charge in [0.15, 0.2) is 17.4 Å². The van der Waals surface area contributed by atoms with Crippen LogP contribution in [0.4, 0.5) is 18.9 Å². The van der Waals surface area contributed by atoms with Gasteiger partial charge in [-0.1, -0.05) is 12.1 Å². The number of methoxy groups -OCH3 is 1. The minimum atomic E-state index is -1.24. The van der Waals surface area contributed by atoms with Gasteiger partial charge in [-0.2, -0.15) is 0 Å². The van der Waals surface area contributed by atoms with Gasteiger partial charge in [-0.15, -0.1) is 0 Å². The Hall–Kier alpha value is -2.54. The molecule has 0 spiro atoms. The van der Waals surface area contributed by atoms with E-state index in [1.807, 2.05) is 0 Å². The van der Waals surface area contributed by atoms with Gasteiger partial charge in [-0.05, 0) is 17.7 Å². The number of halogens is 3. The fourth-order valence-corrected chi connectivity index (χ4v) is 2.05. The minimum absolute atomic E-state index is 0.114. The number of hydrogen-bond donors (Lipinski definition) is 2. The summed E-state index contributed by atoms with van der Waals surface area (Å²) in [5.41, 5.74) is 0.115. The number of carbonyl (C=O) groups excluding carboxylic acids is 1. The van der Waals surface area contributed by atoms with Crippen molar-refractivity contribution >= 4 is 11.6 Å². The zero-order chi connectivity index (χ0) is 17.0. The molecule has 0 fully saturated rings. The Labute approximate surface area is 130 Å². The number of rotatable bonds is 5. The second-order valence-corrected chi connectivity index (χ2v) is 4.80. The number of ether oxygens (including phenoxy) is 1. The SMILES string of the molecule is COc1c(F)cc(NC(=O)CC(O)c2cccc(F)c2)cc1F. The molecule has 4 nitrogen and oxygen atoms in total. The van der Waals surface area contributed by atoms with Crippen molar-refractivity contribution in [2.75, 3.05) is 12.4 Å². The third kappa shape index (κ3) is 4.23. The van der Waals surface area contributed by atoms with Gasteiger partial charge >= 0.3 is 0 Å². The summed E-state index contributed by atoms with van der Waals surface area (Å²) >= 11 is 0. The summed E-state index contributed by atoms with van der Waals surface area (Å²) in [6, 6.07) is 6.97. The van der Waals surface area contributed by atoms with E-state index in [1.165, 1.54) is 18.2 Å². The van der Waals surface area contributed by atoms with Crippen LogP contribution in [0.25, 0.3) is 0 Å². The molecule has 0 aliphatic heterocycles. The van der Waals surface area contributed by atoms with Crippen LogP contribution < -0.4 is 10.1 Å². The summed E-state index contributed by atoms with van der Waals surface area (Å²) in [6.45, 7) is 0. The topological polar surface area (TPSA) is 58.6 Å². The maximum atomic E-state index is 13.5. The van der Waals surface area contributed by atoms with Crippen molar-refractivity contribution < 1.29 is 27.8 Å². The Kier molecular flexibility index (Phi) is 5.23. The first-order valence-corrected chi connectivity index (χ1v) is 6.67. The lowest BCUT2D eigenvalue weighted by atomic mass is 10.1. The highest BCUT2D eigenvalue weighted by molar-refractivity contribution is 5.91. The fourth-order valence-electron chi connectivity index (χ4n) is 2.05. The van der Waals surface area contributed by atoms with Gasteiger partial charge in [-0.25, -0.2) is 13.2 Å². The lowest BCUT2D eigenvalue weighted by Crippen LogP contribution is -2.16. The van der Waals surface area contributed by atoms with E-state index in [2.05, 4.69) is 10.1 Å². The largest absolute Gasteiger partial charge is 0.491 e. The summed E-state index contributed by atoms with van der Waals surface area (Å²) in [5, 5.41) is 12.2. The van der Waals surface area contributed by atoms with Crippen LogP contribution in [0, 0.1) is 17.5 Å². The van der Waals surface area contributed by atoms with E-state index in [0.717, 1.165) is 25.3 Å². The highest BCUT2D eigenvalue weighted by Crippen LogP contribution is 2.26. The van der Waals surface area contributed by atoms with E-state index in [-0.39, 0.29) is 11.3 Å². The Bertz CT molecular complexity index is 698. The average molecular weight is 325 g/mol. The molecule has 0 heterocycles. The van der Waals surface area contributed by atoms with Crippen LogP contribution in [0.2, 0.25) is 0 Å². The summed E-state index contributed by atoms with van der Waals surface area (Å²) in [5.74, 6) is -3.70. The number of aliphatic hydroxyl groups excluding tert-OH is 1. The van der Waals surface area contributed by atoms with Crippen LogP contribution in [0.15, 0.2) is 36.4 Å². The van der Waals surface area contributed by atoms with Crippen molar-refractivity contribution in [3.05, 3.63) is 59.4 Å². The molecule has 23 heavy (non-hydrogen) atoms. The zero-order valence-electron chi connectivity index (χ0n) is 12.1. The van der Waals surface area contributed by atoms with Crippen LogP contribution in [0.3, 0.4) is 0 Å². The lowest BCUT2D eigenvalue weighted by Gasteiger charge is -2.12. The molecule has 0 radical (unpaired) electrons. The van der Waals surface area contributed by atoms with Crippen LogP contribution in [-0.4, -0.2) is 18.1 Å².